The average Bonchev–Trinajstić information content (AvgIpc) is 2.83. The second-order valence-corrected chi connectivity index (χ2v) is 5.01. The van der Waals surface area contributed by atoms with Crippen LogP contribution in [0.1, 0.15) is 12.0 Å². The monoisotopic (exact) mass is 326 g/mol. The molecule has 0 saturated carbocycles. The second kappa shape index (κ2) is 5.40. The van der Waals surface area contributed by atoms with E-state index in [-0.39, 0.29) is 12.1 Å². The van der Waals surface area contributed by atoms with Crippen molar-refractivity contribution in [2.45, 2.75) is 19.4 Å². The van der Waals surface area contributed by atoms with Crippen LogP contribution >= 0.6 is 15.9 Å². The molecule has 0 saturated heterocycles. The van der Waals surface area contributed by atoms with Crippen molar-refractivity contribution in [3.8, 4) is 0 Å². The topological polar surface area (TPSA) is 88.0 Å². The van der Waals surface area contributed by atoms with E-state index in [1.165, 1.54) is 0 Å². The van der Waals surface area contributed by atoms with Crippen LogP contribution in [0.25, 0.3) is 0 Å². The number of anilines is 1. The van der Waals surface area contributed by atoms with Crippen molar-refractivity contribution in [2.75, 3.05) is 5.32 Å². The molecule has 0 bridgehead atoms. The van der Waals surface area contributed by atoms with Crippen LogP contribution < -0.4 is 5.32 Å². The number of amides is 1. The van der Waals surface area contributed by atoms with E-state index < -0.39 is 18.0 Å². The van der Waals surface area contributed by atoms with Crippen LogP contribution in [0.3, 0.4) is 0 Å². The van der Waals surface area contributed by atoms with Crippen LogP contribution in [0.15, 0.2) is 27.8 Å². The summed E-state index contributed by atoms with van der Waals surface area (Å²) in [6, 6.07) is 5.48. The zero-order valence-corrected chi connectivity index (χ0v) is 11.6. The van der Waals surface area contributed by atoms with E-state index in [2.05, 4.69) is 26.4 Å². The molecule has 0 spiro atoms. The van der Waals surface area contributed by atoms with Crippen molar-refractivity contribution in [1.29, 1.82) is 0 Å². The first-order chi connectivity index (χ1) is 8.97. The fourth-order valence-corrected chi connectivity index (χ4v) is 1.95. The van der Waals surface area contributed by atoms with Gasteiger partial charge in [0.25, 0.3) is 5.91 Å². The Kier molecular flexibility index (Phi) is 3.84. The molecule has 1 aliphatic heterocycles. The minimum Gasteiger partial charge on any atom is -0.477 e. The van der Waals surface area contributed by atoms with E-state index in [4.69, 9.17) is 9.94 Å². The van der Waals surface area contributed by atoms with Crippen LogP contribution in [-0.2, 0) is 14.4 Å². The van der Waals surface area contributed by atoms with Gasteiger partial charge in [-0.3, -0.25) is 4.79 Å². The molecule has 100 valence electrons. The van der Waals surface area contributed by atoms with E-state index in [0.29, 0.717) is 5.69 Å². The third-order valence-electron chi connectivity index (χ3n) is 2.67. The minimum absolute atomic E-state index is 0.0335. The Morgan fingerprint density at radius 3 is 2.89 bits per heavy atom. The van der Waals surface area contributed by atoms with Crippen LogP contribution in [0, 0.1) is 6.92 Å². The number of hydrogen-bond acceptors (Lipinski definition) is 4. The van der Waals surface area contributed by atoms with Gasteiger partial charge >= 0.3 is 5.97 Å². The highest BCUT2D eigenvalue weighted by molar-refractivity contribution is 9.10. The van der Waals surface area contributed by atoms with Gasteiger partial charge in [-0.25, -0.2) is 4.79 Å². The molecule has 19 heavy (non-hydrogen) atoms. The molecule has 2 rings (SSSR count). The van der Waals surface area contributed by atoms with E-state index >= 15 is 0 Å². The van der Waals surface area contributed by atoms with Gasteiger partial charge in [0.2, 0.25) is 6.10 Å². The number of nitrogens with zero attached hydrogens (tertiary/aromatic N) is 1. The molecule has 2 N–H and O–H groups in total. The zero-order valence-electron chi connectivity index (χ0n) is 10.0. The molecule has 1 heterocycles. The van der Waals surface area contributed by atoms with Gasteiger partial charge in [0.05, 0.1) is 0 Å². The number of carboxylic acid groups (broad SMARTS) is 1. The SMILES string of the molecule is Cc1ccc(Br)cc1NC(=O)C1CC(C(=O)O)=NO1. The van der Waals surface area contributed by atoms with Crippen LogP contribution in [0.4, 0.5) is 5.69 Å². The van der Waals surface area contributed by atoms with Gasteiger partial charge in [-0.15, -0.1) is 0 Å². The van der Waals surface area contributed by atoms with Crippen molar-refractivity contribution in [3.05, 3.63) is 28.2 Å². The number of rotatable bonds is 3. The molecule has 1 unspecified atom stereocenters. The van der Waals surface area contributed by atoms with Gasteiger partial charge in [0.1, 0.15) is 0 Å². The predicted octanol–water partition coefficient (Wildman–Crippen LogP) is 1.93. The van der Waals surface area contributed by atoms with E-state index in [1.54, 1.807) is 6.07 Å². The first-order valence-corrected chi connectivity index (χ1v) is 6.29. The van der Waals surface area contributed by atoms with Crippen molar-refractivity contribution >= 4 is 39.2 Å². The van der Waals surface area contributed by atoms with E-state index in [1.807, 2.05) is 19.1 Å². The Balaban J connectivity index is 2.03. The molecule has 0 aliphatic carbocycles. The van der Waals surface area contributed by atoms with Gasteiger partial charge < -0.3 is 15.3 Å². The molecule has 1 amide bonds. The zero-order chi connectivity index (χ0) is 14.0. The number of nitrogens with one attached hydrogen (secondary N) is 1. The summed E-state index contributed by atoms with van der Waals surface area (Å²) in [4.78, 5) is 27.4. The molecule has 1 atom stereocenters. The summed E-state index contributed by atoms with van der Waals surface area (Å²) in [6.45, 7) is 1.86. The smallest absolute Gasteiger partial charge is 0.353 e. The third-order valence-corrected chi connectivity index (χ3v) is 3.16. The molecular weight excluding hydrogens is 316 g/mol. The summed E-state index contributed by atoms with van der Waals surface area (Å²) in [6.07, 6.45) is -0.932. The number of oxime groups is 1. The Bertz CT molecular complexity index is 571. The second-order valence-electron chi connectivity index (χ2n) is 4.09. The standard InChI is InChI=1S/C12H11BrN2O4/c1-6-2-3-7(13)4-8(6)14-11(16)10-5-9(12(17)18)15-19-10/h2-4,10H,5H2,1H3,(H,14,16)(H,17,18). The molecule has 0 fully saturated rings. The van der Waals surface area contributed by atoms with Crippen LogP contribution in [0.2, 0.25) is 0 Å². The third kappa shape index (κ3) is 3.11. The Labute approximate surface area is 117 Å². The van der Waals surface area contributed by atoms with E-state index in [0.717, 1.165) is 10.0 Å². The van der Waals surface area contributed by atoms with Crippen molar-refractivity contribution < 1.29 is 19.5 Å². The summed E-state index contributed by atoms with van der Waals surface area (Å²) in [7, 11) is 0. The molecule has 1 aliphatic rings. The van der Waals surface area contributed by atoms with Crippen molar-refractivity contribution in [1.82, 2.24) is 0 Å². The first-order valence-electron chi connectivity index (χ1n) is 5.50. The summed E-state index contributed by atoms with van der Waals surface area (Å²) in [5, 5.41) is 14.8. The highest BCUT2D eigenvalue weighted by Gasteiger charge is 2.31. The Morgan fingerprint density at radius 1 is 1.53 bits per heavy atom. The number of halogens is 1. The summed E-state index contributed by atoms with van der Waals surface area (Å²) in [5.41, 5.74) is 1.40. The number of carbonyl (C=O) groups is 2. The van der Waals surface area contributed by atoms with Gasteiger partial charge in [-0.05, 0) is 24.6 Å². The van der Waals surface area contributed by atoms with Gasteiger partial charge in [-0.1, -0.05) is 27.2 Å². The maximum absolute atomic E-state index is 11.9. The number of carboxylic acids is 1. The highest BCUT2D eigenvalue weighted by atomic mass is 79.9. The predicted molar refractivity (Wildman–Crippen MR) is 72.1 cm³/mol. The lowest BCUT2D eigenvalue weighted by Gasteiger charge is -2.11. The fourth-order valence-electron chi connectivity index (χ4n) is 1.59. The number of hydrogen-bond donors (Lipinski definition) is 2. The normalized spacial score (nSPS) is 17.6. The molecule has 0 radical (unpaired) electrons. The van der Waals surface area contributed by atoms with Gasteiger partial charge in [0.15, 0.2) is 5.71 Å². The lowest BCUT2D eigenvalue weighted by Crippen LogP contribution is -2.29. The molecule has 1 aromatic rings. The summed E-state index contributed by atoms with van der Waals surface area (Å²) >= 11 is 3.32. The van der Waals surface area contributed by atoms with Gasteiger partial charge in [-0.2, -0.15) is 0 Å². The first kappa shape index (κ1) is 13.5. The fraction of sp³-hybridized carbons (Fsp3) is 0.250. The summed E-state index contributed by atoms with van der Waals surface area (Å²) < 4.78 is 0.836. The molecule has 6 nitrogen and oxygen atoms in total. The quantitative estimate of drug-likeness (QED) is 0.888. The van der Waals surface area contributed by atoms with Crippen LogP contribution in [0.5, 0.6) is 0 Å². The molecule has 1 aromatic carbocycles. The molecule has 0 aromatic heterocycles. The molecule has 7 heteroatoms. The van der Waals surface area contributed by atoms with Gasteiger partial charge in [0, 0.05) is 16.6 Å². The maximum Gasteiger partial charge on any atom is 0.353 e. The number of aliphatic carboxylic acids is 1. The minimum atomic E-state index is -1.17. The number of carbonyl (C=O) groups excluding carboxylic acids is 1. The lowest BCUT2D eigenvalue weighted by atomic mass is 10.1. The maximum atomic E-state index is 11.9. The number of aryl methyl sites for hydroxylation is 1. The average molecular weight is 327 g/mol. The van der Waals surface area contributed by atoms with Crippen LogP contribution in [-0.4, -0.2) is 28.8 Å². The van der Waals surface area contributed by atoms with E-state index in [9.17, 15) is 9.59 Å². The van der Waals surface area contributed by atoms with Crippen molar-refractivity contribution in [2.24, 2.45) is 5.16 Å². The summed E-state index contributed by atoms with van der Waals surface area (Å²) in [5.74, 6) is -1.59. The number of benzene rings is 1. The highest BCUT2D eigenvalue weighted by Crippen LogP contribution is 2.22. The largest absolute Gasteiger partial charge is 0.477 e. The Hall–Kier alpha value is -1.89. The lowest BCUT2D eigenvalue weighted by molar-refractivity contribution is -0.129. The van der Waals surface area contributed by atoms with Crippen molar-refractivity contribution in [3.63, 3.8) is 0 Å². The molecular formula is C12H11BrN2O4. The Morgan fingerprint density at radius 2 is 2.26 bits per heavy atom.